The predicted octanol–water partition coefficient (Wildman–Crippen LogP) is 2.49. The molecule has 0 saturated heterocycles. The number of thiophene rings is 1. The maximum Gasteiger partial charge on any atom is 0.265 e. The molecule has 1 aromatic carbocycles. The number of hydrogen-bond acceptors (Lipinski definition) is 7. The van der Waals surface area contributed by atoms with Crippen molar-refractivity contribution in [3.63, 3.8) is 0 Å². The van der Waals surface area contributed by atoms with Gasteiger partial charge in [0.1, 0.15) is 18.5 Å². The number of nitrogen functional groups attached to an aromatic ring is 1. The molecule has 0 aliphatic heterocycles. The van der Waals surface area contributed by atoms with E-state index in [1.165, 1.54) is 6.33 Å². The molecule has 10 heteroatoms. The molecule has 0 saturated carbocycles. The number of nitrogens with zero attached hydrogens (tertiary/aromatic N) is 4. The molecule has 0 fully saturated rings. The number of pyridine rings is 1. The van der Waals surface area contributed by atoms with Gasteiger partial charge in [-0.2, -0.15) is 5.10 Å². The fraction of sp³-hybridized carbons (Fsp3) is 0.0500. The van der Waals surface area contributed by atoms with Gasteiger partial charge in [-0.3, -0.25) is 9.59 Å². The van der Waals surface area contributed by atoms with E-state index in [1.54, 1.807) is 53.6 Å². The van der Waals surface area contributed by atoms with Crippen LogP contribution in [0.4, 0.5) is 11.5 Å². The number of hydrogen-bond donors (Lipinski definition) is 3. The van der Waals surface area contributed by atoms with Gasteiger partial charge in [-0.1, -0.05) is 6.07 Å². The van der Waals surface area contributed by atoms with Crippen LogP contribution in [-0.4, -0.2) is 31.6 Å². The highest BCUT2D eigenvalue weighted by Crippen LogP contribution is 2.19. The van der Waals surface area contributed by atoms with Crippen molar-refractivity contribution in [2.75, 3.05) is 11.1 Å². The van der Waals surface area contributed by atoms with Crippen LogP contribution in [0.25, 0.3) is 5.69 Å². The molecule has 0 radical (unpaired) electrons. The number of nitrogens with two attached hydrogens (primary N) is 1. The Morgan fingerprint density at radius 2 is 1.77 bits per heavy atom. The number of carbonyl (C=O) groups is 2. The maximum atomic E-state index is 12.5. The van der Waals surface area contributed by atoms with E-state index < -0.39 is 0 Å². The largest absolute Gasteiger partial charge is 0.384 e. The van der Waals surface area contributed by atoms with Gasteiger partial charge in [0, 0.05) is 18.4 Å². The zero-order chi connectivity index (χ0) is 20.9. The third kappa shape index (κ3) is 4.50. The highest BCUT2D eigenvalue weighted by molar-refractivity contribution is 7.16. The van der Waals surface area contributed by atoms with Crippen LogP contribution in [0.5, 0.6) is 0 Å². The Morgan fingerprint density at radius 1 is 1.00 bits per heavy atom. The molecule has 0 spiro atoms. The molecule has 150 valence electrons. The van der Waals surface area contributed by atoms with Gasteiger partial charge in [-0.05, 0) is 48.0 Å². The zero-order valence-corrected chi connectivity index (χ0v) is 16.5. The van der Waals surface area contributed by atoms with Crippen LogP contribution in [0, 0.1) is 0 Å². The number of nitrogens with one attached hydrogen (secondary N) is 2. The summed E-state index contributed by atoms with van der Waals surface area (Å²) in [6.07, 6.45) is 4.65. The smallest absolute Gasteiger partial charge is 0.265 e. The van der Waals surface area contributed by atoms with Crippen molar-refractivity contribution in [3.8, 4) is 5.69 Å². The Labute approximate surface area is 175 Å². The lowest BCUT2D eigenvalue weighted by atomic mass is 10.2. The first kappa shape index (κ1) is 19.3. The first-order chi connectivity index (χ1) is 14.6. The van der Waals surface area contributed by atoms with Crippen molar-refractivity contribution in [3.05, 3.63) is 82.7 Å². The molecular formula is C20H17N7O2S. The summed E-state index contributed by atoms with van der Waals surface area (Å²) in [4.78, 5) is 33.6. The van der Waals surface area contributed by atoms with Gasteiger partial charge in [0.15, 0.2) is 0 Å². The van der Waals surface area contributed by atoms with Crippen LogP contribution in [0.2, 0.25) is 0 Å². The fourth-order valence-electron chi connectivity index (χ4n) is 2.62. The van der Waals surface area contributed by atoms with Gasteiger partial charge < -0.3 is 16.4 Å². The standard InChI is InChI=1S/C20H17N7O2S/c21-18-8-1-13(9-23-18)10-24-19(28)16-6-7-17(30-16)20(29)26-14-2-4-15(5-3-14)27-12-22-11-25-27/h1-9,11-12H,10H2,(H2,21,23)(H,24,28)(H,26,29). The summed E-state index contributed by atoms with van der Waals surface area (Å²) in [5, 5.41) is 9.68. The van der Waals surface area contributed by atoms with Gasteiger partial charge in [0.25, 0.3) is 11.8 Å². The lowest BCUT2D eigenvalue weighted by molar-refractivity contribution is 0.0954. The van der Waals surface area contributed by atoms with Crippen molar-refractivity contribution < 1.29 is 9.59 Å². The van der Waals surface area contributed by atoms with Crippen LogP contribution in [0.1, 0.15) is 24.9 Å². The van der Waals surface area contributed by atoms with E-state index in [0.717, 1.165) is 22.6 Å². The van der Waals surface area contributed by atoms with E-state index >= 15 is 0 Å². The molecule has 30 heavy (non-hydrogen) atoms. The molecule has 4 aromatic rings. The van der Waals surface area contributed by atoms with Crippen molar-refractivity contribution in [2.24, 2.45) is 0 Å². The van der Waals surface area contributed by atoms with Crippen molar-refractivity contribution in [2.45, 2.75) is 6.54 Å². The summed E-state index contributed by atoms with van der Waals surface area (Å²) in [5.41, 5.74) is 7.85. The zero-order valence-electron chi connectivity index (χ0n) is 15.6. The Hall–Kier alpha value is -4.05. The van der Waals surface area contributed by atoms with E-state index in [1.807, 2.05) is 12.1 Å². The van der Waals surface area contributed by atoms with Gasteiger partial charge in [-0.15, -0.1) is 11.3 Å². The van der Waals surface area contributed by atoms with Crippen molar-refractivity contribution in [1.82, 2.24) is 25.1 Å². The van der Waals surface area contributed by atoms with E-state index in [2.05, 4.69) is 25.7 Å². The number of amides is 2. The minimum atomic E-state index is -0.282. The number of rotatable bonds is 6. The number of anilines is 2. The minimum absolute atomic E-state index is 0.256. The van der Waals surface area contributed by atoms with Crippen molar-refractivity contribution >= 4 is 34.7 Å². The monoisotopic (exact) mass is 419 g/mol. The molecule has 9 nitrogen and oxygen atoms in total. The molecule has 4 N–H and O–H groups in total. The second kappa shape index (κ2) is 8.53. The highest BCUT2D eigenvalue weighted by Gasteiger charge is 2.14. The second-order valence-electron chi connectivity index (χ2n) is 6.28. The lowest BCUT2D eigenvalue weighted by Gasteiger charge is -2.05. The molecule has 0 atom stereocenters. The van der Waals surface area contributed by atoms with Crippen LogP contribution in [0.15, 0.2) is 67.4 Å². The van der Waals surface area contributed by atoms with E-state index in [4.69, 9.17) is 5.73 Å². The average Bonchev–Trinajstić information content (AvgIpc) is 3.46. The van der Waals surface area contributed by atoms with Crippen LogP contribution in [0.3, 0.4) is 0 Å². The average molecular weight is 419 g/mol. The van der Waals surface area contributed by atoms with Crippen LogP contribution < -0.4 is 16.4 Å². The van der Waals surface area contributed by atoms with Gasteiger partial charge in [0.05, 0.1) is 15.4 Å². The van der Waals surface area contributed by atoms with Crippen molar-refractivity contribution in [1.29, 1.82) is 0 Å². The summed E-state index contributed by atoms with van der Waals surface area (Å²) >= 11 is 1.13. The lowest BCUT2D eigenvalue weighted by Crippen LogP contribution is -2.21. The van der Waals surface area contributed by atoms with E-state index in [-0.39, 0.29) is 11.8 Å². The molecular weight excluding hydrogens is 402 g/mol. The quantitative estimate of drug-likeness (QED) is 0.441. The second-order valence-corrected chi connectivity index (χ2v) is 7.36. The molecule has 0 aliphatic rings. The van der Waals surface area contributed by atoms with Gasteiger partial charge in [-0.25, -0.2) is 14.6 Å². The molecule has 0 aliphatic carbocycles. The summed E-state index contributed by atoms with van der Waals surface area (Å²) in [5.74, 6) is -0.115. The third-order valence-electron chi connectivity index (χ3n) is 4.16. The van der Waals surface area contributed by atoms with E-state index in [0.29, 0.717) is 27.8 Å². The first-order valence-corrected chi connectivity index (χ1v) is 9.75. The van der Waals surface area contributed by atoms with Crippen LogP contribution >= 0.6 is 11.3 Å². The Morgan fingerprint density at radius 3 is 2.43 bits per heavy atom. The molecule has 0 bridgehead atoms. The van der Waals surface area contributed by atoms with Crippen LogP contribution in [-0.2, 0) is 6.54 Å². The number of aromatic nitrogens is 4. The normalized spacial score (nSPS) is 10.5. The number of benzene rings is 1. The third-order valence-corrected chi connectivity index (χ3v) is 5.25. The van der Waals surface area contributed by atoms with Gasteiger partial charge in [0.2, 0.25) is 0 Å². The number of carbonyl (C=O) groups excluding carboxylic acids is 2. The maximum absolute atomic E-state index is 12.5. The molecule has 3 aromatic heterocycles. The Bertz CT molecular complexity index is 1150. The first-order valence-electron chi connectivity index (χ1n) is 8.93. The molecule has 0 unspecified atom stereocenters. The fourth-order valence-corrected chi connectivity index (χ4v) is 3.44. The summed E-state index contributed by atoms with van der Waals surface area (Å²) in [6.45, 7) is 0.323. The topological polar surface area (TPSA) is 128 Å². The summed E-state index contributed by atoms with van der Waals surface area (Å²) < 4.78 is 1.62. The summed E-state index contributed by atoms with van der Waals surface area (Å²) in [7, 11) is 0. The Kier molecular flexibility index (Phi) is 5.48. The summed E-state index contributed by atoms with van der Waals surface area (Å²) in [6, 6.07) is 13.9. The Balaban J connectivity index is 1.35. The molecule has 3 heterocycles. The predicted molar refractivity (Wildman–Crippen MR) is 113 cm³/mol. The highest BCUT2D eigenvalue weighted by atomic mass is 32.1. The molecule has 4 rings (SSSR count). The SMILES string of the molecule is Nc1ccc(CNC(=O)c2ccc(C(=O)Nc3ccc(-n4cncn4)cc3)s2)cn1. The van der Waals surface area contributed by atoms with Gasteiger partial charge >= 0.3 is 0 Å². The molecule has 2 amide bonds. The van der Waals surface area contributed by atoms with E-state index in [9.17, 15) is 9.59 Å². The minimum Gasteiger partial charge on any atom is -0.384 e.